The van der Waals surface area contributed by atoms with Gasteiger partial charge in [-0.2, -0.15) is 10.2 Å². The average molecular weight is 273 g/mol. The van der Waals surface area contributed by atoms with Gasteiger partial charge in [-0.05, 0) is 46.8 Å². The molecule has 0 saturated carbocycles. The molecule has 2 rings (SSSR count). The van der Waals surface area contributed by atoms with Gasteiger partial charge in [-0.1, -0.05) is 12.1 Å². The Hall–Kier alpha value is -2.04. The van der Waals surface area contributed by atoms with Crippen LogP contribution in [0.25, 0.3) is 0 Å². The lowest BCUT2D eigenvalue weighted by atomic mass is 10.1. The molecule has 0 radical (unpaired) electrons. The van der Waals surface area contributed by atoms with Gasteiger partial charge in [0.15, 0.2) is 5.66 Å². The van der Waals surface area contributed by atoms with Gasteiger partial charge in [-0.15, -0.1) is 0 Å². The molecule has 0 aromatic heterocycles. The molecular formula is C15H19N3O2. The summed E-state index contributed by atoms with van der Waals surface area (Å²) in [5.41, 5.74) is -0.496. The second kappa shape index (κ2) is 4.51. The smallest absolute Gasteiger partial charge is 0.263 e. The van der Waals surface area contributed by atoms with Crippen molar-refractivity contribution in [1.82, 2.24) is 4.90 Å². The highest BCUT2D eigenvalue weighted by atomic mass is 16.2. The first-order valence-electron chi connectivity index (χ1n) is 6.55. The molecule has 0 bridgehead atoms. The minimum Gasteiger partial charge on any atom is -0.268 e. The Labute approximate surface area is 118 Å². The average Bonchev–Trinajstić information content (AvgIpc) is 2.60. The van der Waals surface area contributed by atoms with Crippen molar-refractivity contribution in [2.24, 2.45) is 10.2 Å². The first-order chi connectivity index (χ1) is 9.13. The number of amides is 2. The van der Waals surface area contributed by atoms with Gasteiger partial charge in [-0.25, -0.2) is 4.90 Å². The Bertz CT molecular complexity index is 562. The van der Waals surface area contributed by atoms with Crippen molar-refractivity contribution in [3.8, 4) is 0 Å². The van der Waals surface area contributed by atoms with Crippen LogP contribution < -0.4 is 0 Å². The summed E-state index contributed by atoms with van der Waals surface area (Å²) in [6.07, 6.45) is 0. The first-order valence-corrected chi connectivity index (χ1v) is 6.55. The number of fused-ring (bicyclic) bond motifs is 1. The summed E-state index contributed by atoms with van der Waals surface area (Å²) in [5.74, 6) is -0.632. The van der Waals surface area contributed by atoms with Gasteiger partial charge in [0, 0.05) is 0 Å². The number of benzene rings is 1. The highest BCUT2D eigenvalue weighted by molar-refractivity contribution is 6.21. The Kier molecular flexibility index (Phi) is 3.24. The van der Waals surface area contributed by atoms with Crippen LogP contribution in [0.5, 0.6) is 0 Å². The third-order valence-corrected chi connectivity index (χ3v) is 2.94. The van der Waals surface area contributed by atoms with Crippen LogP contribution >= 0.6 is 0 Å². The van der Waals surface area contributed by atoms with Crippen LogP contribution in [0.2, 0.25) is 0 Å². The zero-order valence-electron chi connectivity index (χ0n) is 12.5. The van der Waals surface area contributed by atoms with E-state index in [-0.39, 0.29) is 17.4 Å². The zero-order valence-corrected chi connectivity index (χ0v) is 12.5. The van der Waals surface area contributed by atoms with Gasteiger partial charge in [-0.3, -0.25) is 9.59 Å². The summed E-state index contributed by atoms with van der Waals surface area (Å²) >= 11 is 0. The largest absolute Gasteiger partial charge is 0.268 e. The second-order valence-corrected chi connectivity index (χ2v) is 6.36. The van der Waals surface area contributed by atoms with E-state index < -0.39 is 5.66 Å². The maximum atomic E-state index is 12.4. The fourth-order valence-corrected chi connectivity index (χ4v) is 2.00. The highest BCUT2D eigenvalue weighted by Gasteiger charge is 2.44. The zero-order chi connectivity index (χ0) is 15.1. The Morgan fingerprint density at radius 1 is 0.850 bits per heavy atom. The Balaban J connectivity index is 2.38. The topological polar surface area (TPSA) is 62.1 Å². The number of rotatable bonds is 2. The van der Waals surface area contributed by atoms with Crippen molar-refractivity contribution >= 4 is 11.8 Å². The van der Waals surface area contributed by atoms with Crippen LogP contribution in [0.4, 0.5) is 0 Å². The first kappa shape index (κ1) is 14.4. The van der Waals surface area contributed by atoms with E-state index in [0.717, 1.165) is 0 Å². The number of carbonyl (C=O) groups is 2. The van der Waals surface area contributed by atoms with E-state index in [0.29, 0.717) is 11.1 Å². The number of hydrogen-bond acceptors (Lipinski definition) is 4. The molecule has 0 unspecified atom stereocenters. The molecule has 2 amide bonds. The van der Waals surface area contributed by atoms with Gasteiger partial charge in [0.2, 0.25) is 0 Å². The summed E-state index contributed by atoms with van der Waals surface area (Å²) in [6.45, 7) is 9.16. The number of azo groups is 1. The molecule has 1 aliphatic rings. The van der Waals surface area contributed by atoms with Crippen molar-refractivity contribution in [1.29, 1.82) is 0 Å². The summed E-state index contributed by atoms with van der Waals surface area (Å²) in [6, 6.07) is 6.81. The van der Waals surface area contributed by atoms with E-state index in [9.17, 15) is 9.59 Å². The molecule has 5 nitrogen and oxygen atoms in total. The van der Waals surface area contributed by atoms with Crippen LogP contribution in [-0.4, -0.2) is 27.9 Å². The molecule has 0 fully saturated rings. The lowest BCUT2D eigenvalue weighted by Gasteiger charge is -2.29. The number of hydrogen-bond donors (Lipinski definition) is 0. The second-order valence-electron chi connectivity index (χ2n) is 6.36. The summed E-state index contributed by atoms with van der Waals surface area (Å²) in [4.78, 5) is 25.9. The van der Waals surface area contributed by atoms with E-state index in [1.165, 1.54) is 4.90 Å². The van der Waals surface area contributed by atoms with Crippen LogP contribution in [0.15, 0.2) is 34.5 Å². The fraction of sp³-hybridized carbons (Fsp3) is 0.467. The lowest BCUT2D eigenvalue weighted by molar-refractivity contribution is 0.0478. The molecular weight excluding hydrogens is 254 g/mol. The molecule has 0 aliphatic carbocycles. The molecule has 0 atom stereocenters. The lowest BCUT2D eigenvalue weighted by Crippen LogP contribution is -2.46. The van der Waals surface area contributed by atoms with Crippen LogP contribution in [0.1, 0.15) is 55.3 Å². The van der Waals surface area contributed by atoms with Crippen LogP contribution in [-0.2, 0) is 0 Å². The summed E-state index contributed by atoms with van der Waals surface area (Å²) < 4.78 is 0. The van der Waals surface area contributed by atoms with E-state index >= 15 is 0 Å². The third kappa shape index (κ3) is 2.48. The van der Waals surface area contributed by atoms with Crippen molar-refractivity contribution in [3.63, 3.8) is 0 Å². The van der Waals surface area contributed by atoms with Crippen molar-refractivity contribution in [3.05, 3.63) is 35.4 Å². The van der Waals surface area contributed by atoms with E-state index in [1.54, 1.807) is 38.1 Å². The molecule has 0 spiro atoms. The van der Waals surface area contributed by atoms with E-state index in [4.69, 9.17) is 0 Å². The van der Waals surface area contributed by atoms with Gasteiger partial charge in [0.25, 0.3) is 11.8 Å². The molecule has 0 N–H and O–H groups in total. The maximum Gasteiger partial charge on any atom is 0.263 e. The summed E-state index contributed by atoms with van der Waals surface area (Å²) in [5, 5.41) is 8.39. The van der Waals surface area contributed by atoms with E-state index in [2.05, 4.69) is 10.2 Å². The SMILES string of the molecule is CC(C)(C)N=NC(C)(C)N1C(=O)c2ccccc2C1=O. The molecule has 106 valence electrons. The highest BCUT2D eigenvalue weighted by Crippen LogP contribution is 2.30. The van der Waals surface area contributed by atoms with Crippen LogP contribution in [0.3, 0.4) is 0 Å². The molecule has 20 heavy (non-hydrogen) atoms. The maximum absolute atomic E-state index is 12.4. The van der Waals surface area contributed by atoms with Gasteiger partial charge >= 0.3 is 0 Å². The predicted molar refractivity (Wildman–Crippen MR) is 75.6 cm³/mol. The quantitative estimate of drug-likeness (QED) is 0.613. The minimum absolute atomic E-state index is 0.316. The molecule has 5 heteroatoms. The van der Waals surface area contributed by atoms with Crippen molar-refractivity contribution in [2.75, 3.05) is 0 Å². The molecule has 0 saturated heterocycles. The van der Waals surface area contributed by atoms with Crippen molar-refractivity contribution in [2.45, 2.75) is 45.8 Å². The van der Waals surface area contributed by atoms with Gasteiger partial charge < -0.3 is 0 Å². The molecule has 1 heterocycles. The number of imide groups is 1. The normalized spacial score (nSPS) is 16.1. The summed E-state index contributed by atoms with van der Waals surface area (Å²) in [7, 11) is 0. The number of nitrogens with zero attached hydrogens (tertiary/aromatic N) is 3. The van der Waals surface area contributed by atoms with E-state index in [1.807, 2.05) is 20.8 Å². The minimum atomic E-state index is -1.000. The predicted octanol–water partition coefficient (Wildman–Crippen LogP) is 3.27. The van der Waals surface area contributed by atoms with Crippen LogP contribution in [0, 0.1) is 0 Å². The number of carbonyl (C=O) groups excluding carboxylic acids is 2. The molecule has 1 aromatic carbocycles. The third-order valence-electron chi connectivity index (χ3n) is 2.94. The fourth-order valence-electron chi connectivity index (χ4n) is 2.00. The monoisotopic (exact) mass is 273 g/mol. The Morgan fingerprint density at radius 2 is 1.30 bits per heavy atom. The van der Waals surface area contributed by atoms with Gasteiger partial charge in [0.05, 0.1) is 16.7 Å². The van der Waals surface area contributed by atoms with Crippen molar-refractivity contribution < 1.29 is 9.59 Å². The van der Waals surface area contributed by atoms with Gasteiger partial charge in [0.1, 0.15) is 0 Å². The standard InChI is InChI=1S/C15H19N3O2/c1-14(2,3)16-17-15(4,5)18-12(19)10-8-6-7-9-11(10)13(18)20/h6-9H,1-5H3. The Morgan fingerprint density at radius 3 is 1.70 bits per heavy atom. The molecule has 1 aliphatic heterocycles. The molecule has 1 aromatic rings.